The van der Waals surface area contributed by atoms with E-state index < -0.39 is 0 Å². The van der Waals surface area contributed by atoms with Gasteiger partial charge in [0.05, 0.1) is 14.2 Å². The van der Waals surface area contributed by atoms with E-state index in [2.05, 4.69) is 25.2 Å². The lowest BCUT2D eigenvalue weighted by Crippen LogP contribution is -2.59. The molecule has 0 aliphatic carbocycles. The number of rotatable bonds is 3. The van der Waals surface area contributed by atoms with Crippen LogP contribution in [0.5, 0.6) is 11.5 Å². The van der Waals surface area contributed by atoms with Crippen LogP contribution in [0.2, 0.25) is 0 Å². The maximum absolute atomic E-state index is 5.43. The minimum atomic E-state index is 0.155. The summed E-state index contributed by atoms with van der Waals surface area (Å²) >= 11 is 0. The van der Waals surface area contributed by atoms with Gasteiger partial charge in [-0.05, 0) is 19.9 Å². The zero-order valence-electron chi connectivity index (χ0n) is 10.3. The lowest BCUT2D eigenvalue weighted by Gasteiger charge is -2.46. The molecule has 0 radical (unpaired) electrons. The molecule has 3 nitrogen and oxygen atoms in total. The van der Waals surface area contributed by atoms with Gasteiger partial charge in [-0.1, -0.05) is 6.07 Å². The van der Waals surface area contributed by atoms with Crippen molar-refractivity contribution in [3.63, 3.8) is 0 Å². The van der Waals surface area contributed by atoms with Crippen molar-refractivity contribution in [2.45, 2.75) is 25.3 Å². The monoisotopic (exact) mass is 221 g/mol. The second kappa shape index (κ2) is 3.98. The van der Waals surface area contributed by atoms with Crippen LogP contribution in [0.15, 0.2) is 18.2 Å². The van der Waals surface area contributed by atoms with Crippen molar-refractivity contribution < 1.29 is 9.47 Å². The summed E-state index contributed by atoms with van der Waals surface area (Å²) in [5, 5.41) is 3.43. The predicted octanol–water partition coefficient (Wildman–Crippen LogP) is 2.17. The van der Waals surface area contributed by atoms with Crippen molar-refractivity contribution in [2.75, 3.05) is 20.8 Å². The van der Waals surface area contributed by atoms with Crippen LogP contribution in [0.3, 0.4) is 0 Å². The Morgan fingerprint density at radius 3 is 2.44 bits per heavy atom. The molecule has 3 heteroatoms. The summed E-state index contributed by atoms with van der Waals surface area (Å²) in [4.78, 5) is 0. The molecule has 1 aromatic rings. The van der Waals surface area contributed by atoms with E-state index in [9.17, 15) is 0 Å². The number of hydrogen-bond donors (Lipinski definition) is 1. The number of benzene rings is 1. The van der Waals surface area contributed by atoms with E-state index in [-0.39, 0.29) is 5.54 Å². The molecule has 1 aliphatic heterocycles. The van der Waals surface area contributed by atoms with Gasteiger partial charge in [0.2, 0.25) is 0 Å². The van der Waals surface area contributed by atoms with Crippen molar-refractivity contribution in [3.05, 3.63) is 23.8 Å². The normalized spacial score (nSPS) is 22.4. The number of hydrogen-bond acceptors (Lipinski definition) is 3. The smallest absolute Gasteiger partial charge is 0.126 e. The SMILES string of the molecule is COc1ccc(C2CNC2(C)C)c(OC)c1. The van der Waals surface area contributed by atoms with Crippen LogP contribution >= 0.6 is 0 Å². The van der Waals surface area contributed by atoms with Crippen molar-refractivity contribution in [2.24, 2.45) is 0 Å². The zero-order valence-corrected chi connectivity index (χ0v) is 10.3. The van der Waals surface area contributed by atoms with Crippen LogP contribution in [0.25, 0.3) is 0 Å². The van der Waals surface area contributed by atoms with E-state index in [1.807, 2.05) is 12.1 Å². The molecule has 2 rings (SSSR count). The van der Waals surface area contributed by atoms with Crippen LogP contribution in [-0.4, -0.2) is 26.3 Å². The number of nitrogens with one attached hydrogen (secondary N) is 1. The molecule has 0 amide bonds. The highest BCUT2D eigenvalue weighted by Gasteiger charge is 2.40. The molecule has 0 aromatic heterocycles. The quantitative estimate of drug-likeness (QED) is 0.848. The Morgan fingerprint density at radius 2 is 2.00 bits per heavy atom. The Morgan fingerprint density at radius 1 is 1.25 bits per heavy atom. The second-order valence-corrected chi connectivity index (χ2v) is 4.76. The third-order valence-corrected chi connectivity index (χ3v) is 3.45. The van der Waals surface area contributed by atoms with Crippen LogP contribution in [0.1, 0.15) is 25.3 Å². The third kappa shape index (κ3) is 1.76. The molecule has 1 N–H and O–H groups in total. The molecule has 0 bridgehead atoms. The van der Waals surface area contributed by atoms with Crippen LogP contribution in [-0.2, 0) is 0 Å². The zero-order chi connectivity index (χ0) is 11.8. The Bertz CT molecular complexity index is 388. The van der Waals surface area contributed by atoms with Gasteiger partial charge >= 0.3 is 0 Å². The summed E-state index contributed by atoms with van der Waals surface area (Å²) < 4.78 is 10.6. The first-order valence-corrected chi connectivity index (χ1v) is 5.55. The van der Waals surface area contributed by atoms with Gasteiger partial charge in [0.25, 0.3) is 0 Å². The highest BCUT2D eigenvalue weighted by molar-refractivity contribution is 5.45. The average molecular weight is 221 g/mol. The summed E-state index contributed by atoms with van der Waals surface area (Å²) in [6.07, 6.45) is 0. The predicted molar refractivity (Wildman–Crippen MR) is 64.4 cm³/mol. The minimum Gasteiger partial charge on any atom is -0.497 e. The van der Waals surface area contributed by atoms with Gasteiger partial charge in [0, 0.05) is 29.6 Å². The molecule has 0 saturated carbocycles. The van der Waals surface area contributed by atoms with E-state index in [4.69, 9.17) is 9.47 Å². The maximum atomic E-state index is 5.43. The molecule has 1 aliphatic rings. The second-order valence-electron chi connectivity index (χ2n) is 4.76. The van der Waals surface area contributed by atoms with Gasteiger partial charge in [0.1, 0.15) is 11.5 Å². The van der Waals surface area contributed by atoms with E-state index in [0.717, 1.165) is 18.0 Å². The largest absolute Gasteiger partial charge is 0.497 e. The summed E-state index contributed by atoms with van der Waals surface area (Å²) in [6, 6.07) is 6.04. The fourth-order valence-corrected chi connectivity index (χ4v) is 2.22. The van der Waals surface area contributed by atoms with Crippen LogP contribution in [0, 0.1) is 0 Å². The Balaban J connectivity index is 2.34. The molecule has 1 atom stereocenters. The molecule has 1 heterocycles. The molecular formula is C13H19NO2. The molecule has 1 saturated heterocycles. The van der Waals surface area contributed by atoms with Crippen molar-refractivity contribution in [1.29, 1.82) is 0 Å². The lowest BCUT2D eigenvalue weighted by molar-refractivity contribution is 0.203. The van der Waals surface area contributed by atoms with Crippen molar-refractivity contribution >= 4 is 0 Å². The summed E-state index contributed by atoms with van der Waals surface area (Å²) in [6.45, 7) is 5.44. The Kier molecular flexibility index (Phi) is 2.80. The fourth-order valence-electron chi connectivity index (χ4n) is 2.22. The van der Waals surface area contributed by atoms with Gasteiger partial charge in [0.15, 0.2) is 0 Å². The summed E-state index contributed by atoms with van der Waals surface area (Å²) in [5.74, 6) is 2.26. The lowest BCUT2D eigenvalue weighted by atomic mass is 9.75. The molecular weight excluding hydrogens is 202 g/mol. The van der Waals surface area contributed by atoms with Gasteiger partial charge in [-0.2, -0.15) is 0 Å². The van der Waals surface area contributed by atoms with Crippen LogP contribution in [0.4, 0.5) is 0 Å². The molecule has 1 aromatic carbocycles. The molecule has 88 valence electrons. The average Bonchev–Trinajstić information content (AvgIpc) is 2.28. The fraction of sp³-hybridized carbons (Fsp3) is 0.538. The summed E-state index contributed by atoms with van der Waals surface area (Å²) in [7, 11) is 3.38. The third-order valence-electron chi connectivity index (χ3n) is 3.45. The van der Waals surface area contributed by atoms with E-state index in [1.165, 1.54) is 5.56 Å². The van der Waals surface area contributed by atoms with E-state index >= 15 is 0 Å². The first kappa shape index (κ1) is 11.3. The van der Waals surface area contributed by atoms with Crippen molar-refractivity contribution in [1.82, 2.24) is 5.32 Å². The highest BCUT2D eigenvalue weighted by atomic mass is 16.5. The molecule has 0 spiro atoms. The molecule has 1 fully saturated rings. The summed E-state index contributed by atoms with van der Waals surface area (Å²) in [5.41, 5.74) is 1.41. The number of methoxy groups -OCH3 is 2. The van der Waals surface area contributed by atoms with Gasteiger partial charge in [-0.15, -0.1) is 0 Å². The van der Waals surface area contributed by atoms with Gasteiger partial charge in [-0.3, -0.25) is 0 Å². The van der Waals surface area contributed by atoms with E-state index in [0.29, 0.717) is 5.92 Å². The molecule has 16 heavy (non-hydrogen) atoms. The Labute approximate surface area is 96.8 Å². The minimum absolute atomic E-state index is 0.155. The molecule has 1 unspecified atom stereocenters. The maximum Gasteiger partial charge on any atom is 0.126 e. The standard InChI is InChI=1S/C13H19NO2/c1-13(2)11(8-14-13)10-6-5-9(15-3)7-12(10)16-4/h5-7,11,14H,8H2,1-4H3. The van der Waals surface area contributed by atoms with Crippen LogP contribution < -0.4 is 14.8 Å². The van der Waals surface area contributed by atoms with Gasteiger partial charge < -0.3 is 14.8 Å². The van der Waals surface area contributed by atoms with Crippen molar-refractivity contribution in [3.8, 4) is 11.5 Å². The topological polar surface area (TPSA) is 30.5 Å². The van der Waals surface area contributed by atoms with E-state index in [1.54, 1.807) is 14.2 Å². The highest BCUT2D eigenvalue weighted by Crippen LogP contribution is 2.40. The first-order chi connectivity index (χ1) is 7.58. The Hall–Kier alpha value is -1.22. The first-order valence-electron chi connectivity index (χ1n) is 5.55. The van der Waals surface area contributed by atoms with Gasteiger partial charge in [-0.25, -0.2) is 0 Å². The number of ether oxygens (including phenoxy) is 2.